The average Bonchev–Trinajstić information content (AvgIpc) is 2.34. The molecule has 0 atom stereocenters. The molecule has 0 spiro atoms. The van der Waals surface area contributed by atoms with Gasteiger partial charge in [0, 0.05) is 18.3 Å². The van der Waals surface area contributed by atoms with Gasteiger partial charge in [-0.25, -0.2) is 4.79 Å². The van der Waals surface area contributed by atoms with E-state index >= 15 is 0 Å². The van der Waals surface area contributed by atoms with Gasteiger partial charge in [0.2, 0.25) is 0 Å². The van der Waals surface area contributed by atoms with Crippen LogP contribution in [0.4, 0.5) is 0 Å². The van der Waals surface area contributed by atoms with Crippen molar-refractivity contribution in [1.82, 2.24) is 14.9 Å². The number of amides is 1. The zero-order chi connectivity index (χ0) is 14.7. The SMILES string of the molecule is CSc1nc(=O)[nH]c(C)c1C(=O)N(CCO)C1CCC1. The summed E-state index contributed by atoms with van der Waals surface area (Å²) in [7, 11) is 0. The Hall–Kier alpha value is -1.34. The van der Waals surface area contributed by atoms with E-state index in [0.29, 0.717) is 22.8 Å². The van der Waals surface area contributed by atoms with E-state index in [2.05, 4.69) is 9.97 Å². The van der Waals surface area contributed by atoms with Crippen LogP contribution in [0.1, 0.15) is 35.3 Å². The molecule has 1 amide bonds. The van der Waals surface area contributed by atoms with Gasteiger partial charge in [0.1, 0.15) is 5.03 Å². The lowest BCUT2D eigenvalue weighted by Gasteiger charge is -2.37. The standard InChI is InChI=1S/C13H19N3O3S/c1-8-10(11(20-2)15-13(19)14-8)12(18)16(6-7-17)9-4-3-5-9/h9,17H,3-7H2,1-2H3,(H,14,15,19). The molecule has 0 aliphatic heterocycles. The number of hydrogen-bond acceptors (Lipinski definition) is 5. The third-order valence-electron chi connectivity index (χ3n) is 3.61. The molecule has 2 rings (SSSR count). The highest BCUT2D eigenvalue weighted by atomic mass is 32.2. The van der Waals surface area contributed by atoms with Crippen LogP contribution in [0.15, 0.2) is 9.82 Å². The normalized spacial score (nSPS) is 14.9. The van der Waals surface area contributed by atoms with Gasteiger partial charge in [0.15, 0.2) is 0 Å². The van der Waals surface area contributed by atoms with Crippen molar-refractivity contribution in [2.45, 2.75) is 37.3 Å². The van der Waals surface area contributed by atoms with E-state index in [1.165, 1.54) is 11.8 Å². The van der Waals surface area contributed by atoms with E-state index in [9.17, 15) is 9.59 Å². The van der Waals surface area contributed by atoms with Gasteiger partial charge in [-0.2, -0.15) is 4.98 Å². The van der Waals surface area contributed by atoms with Crippen LogP contribution in [0.5, 0.6) is 0 Å². The molecule has 0 unspecified atom stereocenters. The van der Waals surface area contributed by atoms with Crippen LogP contribution in [0.2, 0.25) is 0 Å². The smallest absolute Gasteiger partial charge is 0.346 e. The zero-order valence-corrected chi connectivity index (χ0v) is 12.5. The highest BCUT2D eigenvalue weighted by Gasteiger charge is 2.31. The van der Waals surface area contributed by atoms with Crippen molar-refractivity contribution in [2.75, 3.05) is 19.4 Å². The summed E-state index contributed by atoms with van der Waals surface area (Å²) in [6.45, 7) is 1.95. The topological polar surface area (TPSA) is 86.3 Å². The maximum Gasteiger partial charge on any atom is 0.346 e. The van der Waals surface area contributed by atoms with Crippen molar-refractivity contribution >= 4 is 17.7 Å². The third kappa shape index (κ3) is 2.88. The number of aliphatic hydroxyl groups is 1. The predicted octanol–water partition coefficient (Wildman–Crippen LogP) is 0.787. The predicted molar refractivity (Wildman–Crippen MR) is 77.1 cm³/mol. The van der Waals surface area contributed by atoms with Crippen molar-refractivity contribution in [3.8, 4) is 0 Å². The summed E-state index contributed by atoms with van der Waals surface area (Å²) in [5.74, 6) is -0.158. The van der Waals surface area contributed by atoms with Gasteiger partial charge in [-0.3, -0.25) is 4.79 Å². The highest BCUT2D eigenvalue weighted by Crippen LogP contribution is 2.28. The Kier molecular flexibility index (Phi) is 4.82. The number of aromatic nitrogens is 2. The second-order valence-electron chi connectivity index (χ2n) is 4.86. The molecule has 7 heteroatoms. The Morgan fingerprint density at radius 1 is 1.55 bits per heavy atom. The number of carbonyl (C=O) groups is 1. The van der Waals surface area contributed by atoms with Crippen molar-refractivity contribution < 1.29 is 9.90 Å². The molecule has 0 saturated heterocycles. The molecule has 0 bridgehead atoms. The number of hydrogen-bond donors (Lipinski definition) is 2. The molecular formula is C13H19N3O3S. The van der Waals surface area contributed by atoms with Gasteiger partial charge in [-0.1, -0.05) is 0 Å². The minimum atomic E-state index is -0.444. The molecule has 20 heavy (non-hydrogen) atoms. The summed E-state index contributed by atoms with van der Waals surface area (Å²) in [6.07, 6.45) is 4.84. The molecule has 1 aliphatic carbocycles. The second kappa shape index (κ2) is 6.41. The molecule has 1 aliphatic rings. The summed E-state index contributed by atoms with van der Waals surface area (Å²) in [5, 5.41) is 9.61. The number of aryl methyl sites for hydroxylation is 1. The number of nitrogens with one attached hydrogen (secondary N) is 1. The Morgan fingerprint density at radius 2 is 2.25 bits per heavy atom. The van der Waals surface area contributed by atoms with Crippen LogP contribution < -0.4 is 5.69 Å². The summed E-state index contributed by atoms with van der Waals surface area (Å²) in [6, 6.07) is 0.190. The van der Waals surface area contributed by atoms with E-state index in [-0.39, 0.29) is 18.6 Å². The number of H-pyrrole nitrogens is 1. The first-order valence-corrected chi connectivity index (χ1v) is 7.87. The van der Waals surface area contributed by atoms with E-state index in [1.54, 1.807) is 18.1 Å². The second-order valence-corrected chi connectivity index (χ2v) is 5.65. The van der Waals surface area contributed by atoms with Crippen molar-refractivity contribution in [3.05, 3.63) is 21.7 Å². The number of nitrogens with zero attached hydrogens (tertiary/aromatic N) is 2. The maximum absolute atomic E-state index is 12.7. The molecule has 1 fully saturated rings. The quantitative estimate of drug-likeness (QED) is 0.620. The first-order chi connectivity index (χ1) is 9.58. The van der Waals surface area contributed by atoms with Crippen molar-refractivity contribution in [3.63, 3.8) is 0 Å². The van der Waals surface area contributed by atoms with Gasteiger partial charge in [0.05, 0.1) is 12.2 Å². The van der Waals surface area contributed by atoms with Crippen LogP contribution in [-0.2, 0) is 0 Å². The number of carbonyl (C=O) groups excluding carboxylic acids is 1. The van der Waals surface area contributed by atoms with Gasteiger partial charge in [-0.05, 0) is 32.4 Å². The van der Waals surface area contributed by atoms with Crippen molar-refractivity contribution in [2.24, 2.45) is 0 Å². The fraction of sp³-hybridized carbons (Fsp3) is 0.615. The first-order valence-electron chi connectivity index (χ1n) is 6.65. The maximum atomic E-state index is 12.7. The Labute approximate surface area is 121 Å². The van der Waals surface area contributed by atoms with Gasteiger partial charge >= 0.3 is 5.69 Å². The van der Waals surface area contributed by atoms with Crippen LogP contribution in [-0.4, -0.2) is 51.3 Å². The largest absolute Gasteiger partial charge is 0.395 e. The lowest BCUT2D eigenvalue weighted by molar-refractivity contribution is 0.0520. The molecule has 2 N–H and O–H groups in total. The monoisotopic (exact) mass is 297 g/mol. The summed E-state index contributed by atoms with van der Waals surface area (Å²) in [5.41, 5.74) is 0.528. The molecular weight excluding hydrogens is 278 g/mol. The summed E-state index contributed by atoms with van der Waals surface area (Å²) < 4.78 is 0. The van der Waals surface area contributed by atoms with Gasteiger partial charge < -0.3 is 15.0 Å². The van der Waals surface area contributed by atoms with Gasteiger partial charge in [0.25, 0.3) is 5.91 Å². The molecule has 0 radical (unpaired) electrons. The molecule has 6 nitrogen and oxygen atoms in total. The number of aromatic amines is 1. The van der Waals surface area contributed by atoms with Crippen LogP contribution >= 0.6 is 11.8 Å². The lowest BCUT2D eigenvalue weighted by atomic mass is 9.91. The minimum absolute atomic E-state index is 0.0628. The summed E-state index contributed by atoms with van der Waals surface area (Å²) in [4.78, 5) is 32.3. The molecule has 0 aromatic carbocycles. The Bertz CT molecular complexity index is 554. The van der Waals surface area contributed by atoms with E-state index in [1.807, 2.05) is 0 Å². The molecule has 1 heterocycles. The number of aliphatic hydroxyl groups excluding tert-OH is 1. The van der Waals surface area contributed by atoms with Crippen LogP contribution in [0, 0.1) is 6.92 Å². The van der Waals surface area contributed by atoms with E-state index in [0.717, 1.165) is 19.3 Å². The number of rotatable bonds is 5. The zero-order valence-electron chi connectivity index (χ0n) is 11.7. The third-order valence-corrected chi connectivity index (χ3v) is 4.29. The minimum Gasteiger partial charge on any atom is -0.395 e. The lowest BCUT2D eigenvalue weighted by Crippen LogP contribution is -2.46. The first kappa shape index (κ1) is 15.1. The highest BCUT2D eigenvalue weighted by molar-refractivity contribution is 7.98. The van der Waals surface area contributed by atoms with Crippen LogP contribution in [0.3, 0.4) is 0 Å². The Balaban J connectivity index is 2.37. The molecule has 1 aromatic rings. The molecule has 110 valence electrons. The number of thioether (sulfide) groups is 1. The average molecular weight is 297 g/mol. The Morgan fingerprint density at radius 3 is 2.75 bits per heavy atom. The van der Waals surface area contributed by atoms with E-state index < -0.39 is 5.69 Å². The molecule has 1 aromatic heterocycles. The van der Waals surface area contributed by atoms with Crippen molar-refractivity contribution in [1.29, 1.82) is 0 Å². The summed E-state index contributed by atoms with van der Waals surface area (Å²) >= 11 is 1.28. The molecule has 1 saturated carbocycles. The fourth-order valence-corrected chi connectivity index (χ4v) is 2.98. The van der Waals surface area contributed by atoms with Crippen LogP contribution in [0.25, 0.3) is 0 Å². The van der Waals surface area contributed by atoms with E-state index in [4.69, 9.17) is 5.11 Å². The fourth-order valence-electron chi connectivity index (χ4n) is 2.36. The van der Waals surface area contributed by atoms with Gasteiger partial charge in [-0.15, -0.1) is 11.8 Å².